The Kier molecular flexibility index (Phi) is 4.06. The second kappa shape index (κ2) is 5.75. The maximum absolute atomic E-state index is 9.00. The highest BCUT2D eigenvalue weighted by molar-refractivity contribution is 6.32. The van der Waals surface area contributed by atoms with Crippen LogP contribution in [0, 0.1) is 11.3 Å². The first-order valence-electron chi connectivity index (χ1n) is 5.84. The van der Waals surface area contributed by atoms with Crippen LogP contribution < -0.4 is 10.5 Å². The van der Waals surface area contributed by atoms with Crippen molar-refractivity contribution in [2.24, 2.45) is 5.73 Å². The summed E-state index contributed by atoms with van der Waals surface area (Å²) >= 11 is 6.16. The third kappa shape index (κ3) is 3.05. The van der Waals surface area contributed by atoms with Gasteiger partial charge in [0.15, 0.2) is 0 Å². The standard InChI is InChI=1S/C15H13ClN2O/c1-10(18)11-6-7-15(13(16)8-11)19-14-5-3-2-4-12(14)9-17/h2-8,10H,18H2,1H3/t10-/m1/s1. The minimum Gasteiger partial charge on any atom is -0.454 e. The normalized spacial score (nSPS) is 11.7. The molecule has 2 rings (SSSR count). The molecule has 0 aliphatic rings. The summed E-state index contributed by atoms with van der Waals surface area (Å²) in [5.41, 5.74) is 7.19. The molecule has 19 heavy (non-hydrogen) atoms. The van der Waals surface area contributed by atoms with Gasteiger partial charge in [0.05, 0.1) is 10.6 Å². The molecule has 0 aliphatic heterocycles. The summed E-state index contributed by atoms with van der Waals surface area (Å²) in [6, 6.07) is 14.4. The van der Waals surface area contributed by atoms with Gasteiger partial charge in [-0.3, -0.25) is 0 Å². The van der Waals surface area contributed by atoms with E-state index in [1.807, 2.05) is 13.0 Å². The van der Waals surface area contributed by atoms with E-state index in [4.69, 9.17) is 27.3 Å². The highest BCUT2D eigenvalue weighted by Crippen LogP contribution is 2.32. The molecule has 0 amide bonds. The molecule has 96 valence electrons. The summed E-state index contributed by atoms with van der Waals surface area (Å²) in [4.78, 5) is 0. The molecule has 2 N–H and O–H groups in total. The van der Waals surface area contributed by atoms with E-state index in [0.29, 0.717) is 22.1 Å². The Bertz CT molecular complexity index is 632. The van der Waals surface area contributed by atoms with Crippen molar-refractivity contribution in [2.45, 2.75) is 13.0 Å². The number of hydrogen-bond donors (Lipinski definition) is 1. The number of para-hydroxylation sites is 1. The fourth-order valence-corrected chi connectivity index (χ4v) is 1.88. The first-order chi connectivity index (χ1) is 9.11. The van der Waals surface area contributed by atoms with Gasteiger partial charge in [-0.2, -0.15) is 5.26 Å². The van der Waals surface area contributed by atoms with Crippen LogP contribution in [0.1, 0.15) is 24.1 Å². The van der Waals surface area contributed by atoms with Crippen LogP contribution in [0.25, 0.3) is 0 Å². The molecule has 0 saturated carbocycles. The van der Waals surface area contributed by atoms with Crippen LogP contribution in [-0.2, 0) is 0 Å². The van der Waals surface area contributed by atoms with Crippen LogP contribution in [0.2, 0.25) is 5.02 Å². The number of rotatable bonds is 3. The second-order valence-corrected chi connectivity index (χ2v) is 4.60. The van der Waals surface area contributed by atoms with E-state index in [9.17, 15) is 0 Å². The van der Waals surface area contributed by atoms with E-state index in [-0.39, 0.29) is 6.04 Å². The fraction of sp³-hybridized carbons (Fsp3) is 0.133. The zero-order valence-electron chi connectivity index (χ0n) is 10.4. The monoisotopic (exact) mass is 272 g/mol. The van der Waals surface area contributed by atoms with Crippen molar-refractivity contribution in [3.63, 3.8) is 0 Å². The van der Waals surface area contributed by atoms with Gasteiger partial charge < -0.3 is 10.5 Å². The number of ether oxygens (including phenoxy) is 1. The summed E-state index contributed by atoms with van der Waals surface area (Å²) in [7, 11) is 0. The smallest absolute Gasteiger partial charge is 0.146 e. The van der Waals surface area contributed by atoms with Gasteiger partial charge in [-0.1, -0.05) is 29.8 Å². The van der Waals surface area contributed by atoms with Crippen LogP contribution in [0.4, 0.5) is 0 Å². The van der Waals surface area contributed by atoms with Crippen molar-refractivity contribution in [2.75, 3.05) is 0 Å². The van der Waals surface area contributed by atoms with Crippen molar-refractivity contribution < 1.29 is 4.74 Å². The van der Waals surface area contributed by atoms with Crippen molar-refractivity contribution in [3.8, 4) is 17.6 Å². The van der Waals surface area contributed by atoms with E-state index in [1.54, 1.807) is 36.4 Å². The lowest BCUT2D eigenvalue weighted by molar-refractivity contribution is 0.481. The molecule has 2 aromatic carbocycles. The Morgan fingerprint density at radius 3 is 2.58 bits per heavy atom. The maximum Gasteiger partial charge on any atom is 0.146 e. The average Bonchev–Trinajstić information content (AvgIpc) is 2.41. The van der Waals surface area contributed by atoms with Crippen molar-refractivity contribution in [3.05, 3.63) is 58.6 Å². The molecule has 4 heteroatoms. The molecule has 1 atom stereocenters. The zero-order chi connectivity index (χ0) is 13.8. The van der Waals surface area contributed by atoms with Crippen molar-refractivity contribution in [1.29, 1.82) is 5.26 Å². The number of nitriles is 1. The molecule has 3 nitrogen and oxygen atoms in total. The first kappa shape index (κ1) is 13.4. The Hall–Kier alpha value is -2.02. The Balaban J connectivity index is 2.32. The second-order valence-electron chi connectivity index (χ2n) is 4.19. The minimum absolute atomic E-state index is 0.0852. The fourth-order valence-electron chi connectivity index (χ4n) is 1.65. The quantitative estimate of drug-likeness (QED) is 0.918. The predicted octanol–water partition coefficient (Wildman–Crippen LogP) is 4.02. The summed E-state index contributed by atoms with van der Waals surface area (Å²) in [6.07, 6.45) is 0. The third-order valence-corrected chi connectivity index (χ3v) is 3.00. The summed E-state index contributed by atoms with van der Waals surface area (Å²) < 4.78 is 5.67. The van der Waals surface area contributed by atoms with E-state index < -0.39 is 0 Å². The zero-order valence-corrected chi connectivity index (χ0v) is 11.2. The SMILES string of the molecule is C[C@@H](N)c1ccc(Oc2ccccc2C#N)c(Cl)c1. The lowest BCUT2D eigenvalue weighted by Crippen LogP contribution is -2.04. The van der Waals surface area contributed by atoms with Crippen molar-refractivity contribution in [1.82, 2.24) is 0 Å². The number of nitrogens with two attached hydrogens (primary N) is 1. The number of benzene rings is 2. The molecule has 0 heterocycles. The molecular formula is C15H13ClN2O. The third-order valence-electron chi connectivity index (χ3n) is 2.71. The first-order valence-corrected chi connectivity index (χ1v) is 6.21. The van der Waals surface area contributed by atoms with Gasteiger partial charge in [0.2, 0.25) is 0 Å². The van der Waals surface area contributed by atoms with Crippen LogP contribution in [0.15, 0.2) is 42.5 Å². The van der Waals surface area contributed by atoms with Crippen LogP contribution in [0.3, 0.4) is 0 Å². The summed E-state index contributed by atoms with van der Waals surface area (Å²) in [5, 5.41) is 9.48. The molecule has 0 saturated heterocycles. The molecule has 2 aromatic rings. The Labute approximate surface area is 117 Å². The molecule has 0 bridgehead atoms. The Morgan fingerprint density at radius 1 is 1.21 bits per heavy atom. The molecule has 0 radical (unpaired) electrons. The topological polar surface area (TPSA) is 59.0 Å². The summed E-state index contributed by atoms with van der Waals surface area (Å²) in [5.74, 6) is 0.995. The number of halogens is 1. The molecular weight excluding hydrogens is 260 g/mol. The summed E-state index contributed by atoms with van der Waals surface area (Å²) in [6.45, 7) is 1.89. The Morgan fingerprint density at radius 2 is 1.95 bits per heavy atom. The predicted molar refractivity (Wildman–Crippen MR) is 75.3 cm³/mol. The lowest BCUT2D eigenvalue weighted by Gasteiger charge is -2.11. The molecule has 0 aliphatic carbocycles. The minimum atomic E-state index is -0.0852. The van der Waals surface area contributed by atoms with Crippen LogP contribution >= 0.6 is 11.6 Å². The molecule has 0 unspecified atom stereocenters. The molecule has 0 spiro atoms. The van der Waals surface area contributed by atoms with Gasteiger partial charge in [0.1, 0.15) is 17.6 Å². The number of nitrogens with zero attached hydrogens (tertiary/aromatic N) is 1. The average molecular weight is 273 g/mol. The van der Waals surface area contributed by atoms with Gasteiger partial charge in [0, 0.05) is 6.04 Å². The van der Waals surface area contributed by atoms with Gasteiger partial charge in [0.25, 0.3) is 0 Å². The van der Waals surface area contributed by atoms with Gasteiger partial charge in [-0.05, 0) is 36.8 Å². The van der Waals surface area contributed by atoms with Crippen LogP contribution in [-0.4, -0.2) is 0 Å². The lowest BCUT2D eigenvalue weighted by atomic mass is 10.1. The van der Waals surface area contributed by atoms with E-state index in [2.05, 4.69) is 6.07 Å². The highest BCUT2D eigenvalue weighted by atomic mass is 35.5. The van der Waals surface area contributed by atoms with E-state index >= 15 is 0 Å². The van der Waals surface area contributed by atoms with Crippen LogP contribution in [0.5, 0.6) is 11.5 Å². The van der Waals surface area contributed by atoms with Gasteiger partial charge in [-0.15, -0.1) is 0 Å². The van der Waals surface area contributed by atoms with E-state index in [1.165, 1.54) is 0 Å². The maximum atomic E-state index is 9.00. The van der Waals surface area contributed by atoms with Gasteiger partial charge in [-0.25, -0.2) is 0 Å². The molecule has 0 aromatic heterocycles. The highest BCUT2D eigenvalue weighted by Gasteiger charge is 2.09. The number of hydrogen-bond acceptors (Lipinski definition) is 3. The van der Waals surface area contributed by atoms with Gasteiger partial charge >= 0.3 is 0 Å². The largest absolute Gasteiger partial charge is 0.454 e. The molecule has 0 fully saturated rings. The van der Waals surface area contributed by atoms with Crippen molar-refractivity contribution >= 4 is 11.6 Å². The van der Waals surface area contributed by atoms with E-state index in [0.717, 1.165) is 5.56 Å².